The molecule has 4 rings (SSSR count). The van der Waals surface area contributed by atoms with Crippen molar-refractivity contribution in [2.45, 2.75) is 58.7 Å². The van der Waals surface area contributed by atoms with Crippen LogP contribution in [0.15, 0.2) is 30.6 Å². The maximum Gasteiger partial charge on any atom is 0.410 e. The quantitative estimate of drug-likeness (QED) is 0.556. The Hall–Kier alpha value is -2.76. The van der Waals surface area contributed by atoms with E-state index in [0.29, 0.717) is 62.2 Å². The number of hydrogen-bond donors (Lipinski definition) is 0. The van der Waals surface area contributed by atoms with Gasteiger partial charge < -0.3 is 19.1 Å². The molecule has 0 saturated carbocycles. The molecule has 1 aromatic carbocycles. The standard InChI is InChI=1S/C25H33N3O7S/c1-17-22(33-20-7-5-18(6-8-20)13-19-14-31-36(30)32-15-19)26-16-27-23(17)34-21-9-11-28(12-10-21)24(29)35-25(2,3)4/h5-8,16,19,21H,9-15H2,1-4H3. The largest absolute Gasteiger partial charge is 0.474 e. The lowest BCUT2D eigenvalue weighted by Gasteiger charge is -2.33. The van der Waals surface area contributed by atoms with Crippen molar-refractivity contribution in [3.63, 3.8) is 0 Å². The highest BCUT2D eigenvalue weighted by molar-refractivity contribution is 7.75. The smallest absolute Gasteiger partial charge is 0.410 e. The molecule has 1 aromatic heterocycles. The summed E-state index contributed by atoms with van der Waals surface area (Å²) in [5, 5.41) is 0. The van der Waals surface area contributed by atoms with Crippen LogP contribution >= 0.6 is 0 Å². The summed E-state index contributed by atoms with van der Waals surface area (Å²) in [7, 11) is 0. The van der Waals surface area contributed by atoms with Gasteiger partial charge in [-0.3, -0.25) is 8.37 Å². The van der Waals surface area contributed by atoms with Gasteiger partial charge in [0.25, 0.3) is 0 Å². The van der Waals surface area contributed by atoms with Crippen LogP contribution in [0.5, 0.6) is 17.5 Å². The zero-order valence-electron chi connectivity index (χ0n) is 21.1. The van der Waals surface area contributed by atoms with Crippen molar-refractivity contribution in [1.29, 1.82) is 0 Å². The van der Waals surface area contributed by atoms with E-state index in [4.69, 9.17) is 22.6 Å². The van der Waals surface area contributed by atoms with Crippen LogP contribution < -0.4 is 9.47 Å². The lowest BCUT2D eigenvalue weighted by molar-refractivity contribution is 0.0122. The molecule has 0 bridgehead atoms. The fourth-order valence-corrected chi connectivity index (χ4v) is 4.60. The average Bonchev–Trinajstić information content (AvgIpc) is 2.84. The number of likely N-dealkylation sites (tertiary alicyclic amines) is 1. The topological polar surface area (TPSA) is 109 Å². The Balaban J connectivity index is 1.30. The molecular formula is C25H33N3O7S. The third-order valence-corrected chi connectivity index (χ3v) is 6.48. The molecule has 36 heavy (non-hydrogen) atoms. The van der Waals surface area contributed by atoms with Crippen LogP contribution in [-0.2, 0) is 30.9 Å². The number of amides is 1. The monoisotopic (exact) mass is 519 g/mol. The molecule has 2 saturated heterocycles. The van der Waals surface area contributed by atoms with E-state index in [-0.39, 0.29) is 18.1 Å². The first-order chi connectivity index (χ1) is 17.2. The van der Waals surface area contributed by atoms with E-state index in [9.17, 15) is 9.00 Å². The molecule has 2 aromatic rings. The van der Waals surface area contributed by atoms with Gasteiger partial charge in [-0.25, -0.2) is 14.8 Å². The van der Waals surface area contributed by atoms with Gasteiger partial charge in [0.2, 0.25) is 11.8 Å². The fourth-order valence-electron chi connectivity index (χ4n) is 3.92. The Labute approximate surface area is 214 Å². The molecule has 0 N–H and O–H groups in total. The second-order valence-corrected chi connectivity index (χ2v) is 10.9. The molecule has 196 valence electrons. The van der Waals surface area contributed by atoms with Crippen molar-refractivity contribution in [3.05, 3.63) is 41.7 Å². The average molecular weight is 520 g/mol. The Morgan fingerprint density at radius 1 is 1.08 bits per heavy atom. The van der Waals surface area contributed by atoms with Crippen molar-refractivity contribution in [2.75, 3.05) is 26.3 Å². The molecule has 10 nitrogen and oxygen atoms in total. The number of rotatable bonds is 6. The number of benzene rings is 1. The van der Waals surface area contributed by atoms with E-state index in [1.807, 2.05) is 52.0 Å². The summed E-state index contributed by atoms with van der Waals surface area (Å²) in [6.45, 7) is 9.40. The Bertz CT molecular complexity index is 1060. The summed E-state index contributed by atoms with van der Waals surface area (Å²) >= 11 is -1.62. The predicted molar refractivity (Wildman–Crippen MR) is 132 cm³/mol. The van der Waals surface area contributed by atoms with Crippen molar-refractivity contribution < 1.29 is 31.6 Å². The first-order valence-electron chi connectivity index (χ1n) is 12.1. The van der Waals surface area contributed by atoms with E-state index < -0.39 is 17.0 Å². The highest BCUT2D eigenvalue weighted by Gasteiger charge is 2.28. The van der Waals surface area contributed by atoms with Gasteiger partial charge in [0.1, 0.15) is 23.8 Å². The third kappa shape index (κ3) is 7.37. The highest BCUT2D eigenvalue weighted by Crippen LogP contribution is 2.30. The van der Waals surface area contributed by atoms with E-state index in [1.165, 1.54) is 6.33 Å². The van der Waals surface area contributed by atoms with Gasteiger partial charge in [-0.15, -0.1) is 0 Å². The number of hydrogen-bond acceptors (Lipinski definition) is 9. The summed E-state index contributed by atoms with van der Waals surface area (Å²) in [6.07, 6.45) is 3.21. The maximum absolute atomic E-state index is 12.3. The Kier molecular flexibility index (Phi) is 8.43. The van der Waals surface area contributed by atoms with Gasteiger partial charge >= 0.3 is 17.5 Å². The van der Waals surface area contributed by atoms with Crippen LogP contribution in [-0.4, -0.2) is 63.2 Å². The van der Waals surface area contributed by atoms with Gasteiger partial charge in [-0.2, -0.15) is 4.21 Å². The molecule has 0 unspecified atom stereocenters. The molecule has 11 heteroatoms. The summed E-state index contributed by atoms with van der Waals surface area (Å²) in [4.78, 5) is 22.6. The fraction of sp³-hybridized carbons (Fsp3) is 0.560. The molecule has 0 spiro atoms. The Morgan fingerprint density at radius 2 is 1.72 bits per heavy atom. The molecular weight excluding hydrogens is 486 g/mol. The summed E-state index contributed by atoms with van der Waals surface area (Å²) in [5.74, 6) is 1.71. The number of ether oxygens (including phenoxy) is 3. The van der Waals surface area contributed by atoms with E-state index in [2.05, 4.69) is 9.97 Å². The molecule has 0 aliphatic carbocycles. The molecule has 3 heterocycles. The van der Waals surface area contributed by atoms with Crippen LogP contribution in [0.1, 0.15) is 44.7 Å². The van der Waals surface area contributed by atoms with Crippen LogP contribution in [0.4, 0.5) is 4.79 Å². The van der Waals surface area contributed by atoms with Crippen LogP contribution in [0.2, 0.25) is 0 Å². The van der Waals surface area contributed by atoms with Gasteiger partial charge in [0, 0.05) is 31.8 Å². The third-order valence-electron chi connectivity index (χ3n) is 5.83. The van der Waals surface area contributed by atoms with E-state index in [1.54, 1.807) is 4.90 Å². The number of carbonyl (C=O) groups excluding carboxylic acids is 1. The van der Waals surface area contributed by atoms with Gasteiger partial charge in [-0.1, -0.05) is 12.1 Å². The zero-order valence-corrected chi connectivity index (χ0v) is 21.9. The first-order valence-corrected chi connectivity index (χ1v) is 13.1. The second kappa shape index (κ2) is 11.5. The van der Waals surface area contributed by atoms with Crippen LogP contribution in [0.3, 0.4) is 0 Å². The number of nitrogens with zero attached hydrogens (tertiary/aromatic N) is 3. The summed E-state index contributed by atoms with van der Waals surface area (Å²) in [5.41, 5.74) is 1.30. The zero-order chi connectivity index (χ0) is 25.7. The van der Waals surface area contributed by atoms with Crippen molar-refractivity contribution in [1.82, 2.24) is 14.9 Å². The second-order valence-electron chi connectivity index (χ2n) is 9.98. The first kappa shape index (κ1) is 26.3. The minimum absolute atomic E-state index is 0.0606. The number of aromatic nitrogens is 2. The summed E-state index contributed by atoms with van der Waals surface area (Å²) in [6, 6.07) is 7.72. The molecule has 1 amide bonds. The van der Waals surface area contributed by atoms with E-state index >= 15 is 0 Å². The lowest BCUT2D eigenvalue weighted by atomic mass is 10.0. The molecule has 2 fully saturated rings. The Morgan fingerprint density at radius 3 is 2.36 bits per heavy atom. The van der Waals surface area contributed by atoms with Crippen LogP contribution in [0, 0.1) is 12.8 Å². The van der Waals surface area contributed by atoms with Gasteiger partial charge in [-0.05, 0) is 51.8 Å². The number of carbonyl (C=O) groups is 1. The van der Waals surface area contributed by atoms with Crippen molar-refractivity contribution in [3.8, 4) is 17.5 Å². The summed E-state index contributed by atoms with van der Waals surface area (Å²) < 4.78 is 38.9. The highest BCUT2D eigenvalue weighted by atomic mass is 32.2. The maximum atomic E-state index is 12.3. The normalized spacial score (nSPS) is 21.2. The van der Waals surface area contributed by atoms with Crippen molar-refractivity contribution >= 4 is 17.5 Å². The van der Waals surface area contributed by atoms with Crippen molar-refractivity contribution in [2.24, 2.45) is 5.92 Å². The van der Waals surface area contributed by atoms with E-state index in [0.717, 1.165) is 12.0 Å². The SMILES string of the molecule is Cc1c(Oc2ccc(CC3COS(=O)OC3)cc2)ncnc1OC1CCN(C(=O)OC(C)(C)C)CC1. The van der Waals surface area contributed by atoms with Gasteiger partial charge in [0.05, 0.1) is 18.8 Å². The molecule has 2 aliphatic rings. The van der Waals surface area contributed by atoms with Crippen LogP contribution in [0.25, 0.3) is 0 Å². The molecule has 2 aliphatic heterocycles. The lowest BCUT2D eigenvalue weighted by Crippen LogP contribution is -2.44. The molecule has 0 atom stereocenters. The van der Waals surface area contributed by atoms with Gasteiger partial charge in [0.15, 0.2) is 0 Å². The molecule has 0 radical (unpaired) electrons. The minimum Gasteiger partial charge on any atom is -0.474 e. The minimum atomic E-state index is -1.62. The predicted octanol–water partition coefficient (Wildman–Crippen LogP) is 4.14. The number of piperidine rings is 1.